The van der Waals surface area contributed by atoms with E-state index in [0.717, 1.165) is 0 Å². The molecule has 3 heteroatoms. The van der Waals surface area contributed by atoms with E-state index >= 15 is 0 Å². The fraction of sp³-hybridized carbons (Fsp3) is 0. The molecule has 0 radical (unpaired) electrons. The minimum Gasteiger partial charge on any atom is -0.455 e. The summed E-state index contributed by atoms with van der Waals surface area (Å²) in [5.74, 6) is 1.28. The summed E-state index contributed by atoms with van der Waals surface area (Å²) in [7, 11) is 0. The van der Waals surface area contributed by atoms with Gasteiger partial charge in [0.05, 0.1) is 17.3 Å². The minimum absolute atomic E-state index is 0.590. The molecule has 0 aliphatic heterocycles. The lowest BCUT2D eigenvalue weighted by atomic mass is 10.2. The monoisotopic (exact) mass is 210 g/mol. The van der Waals surface area contributed by atoms with Gasteiger partial charge in [0.25, 0.3) is 0 Å². The van der Waals surface area contributed by atoms with Gasteiger partial charge in [0.15, 0.2) is 0 Å². The molecule has 0 aromatic heterocycles. The van der Waals surface area contributed by atoms with Gasteiger partial charge < -0.3 is 10.5 Å². The molecule has 2 rings (SSSR count). The zero-order valence-electron chi connectivity index (χ0n) is 8.55. The maximum absolute atomic E-state index is 8.65. The summed E-state index contributed by atoms with van der Waals surface area (Å²) in [6.07, 6.45) is 0. The van der Waals surface area contributed by atoms with E-state index in [4.69, 9.17) is 15.7 Å². The highest BCUT2D eigenvalue weighted by atomic mass is 16.5. The van der Waals surface area contributed by atoms with Gasteiger partial charge >= 0.3 is 0 Å². The summed E-state index contributed by atoms with van der Waals surface area (Å²) in [6.45, 7) is 0. The van der Waals surface area contributed by atoms with Crippen molar-refractivity contribution in [1.82, 2.24) is 0 Å². The van der Waals surface area contributed by atoms with Crippen molar-refractivity contribution in [3.8, 4) is 17.6 Å². The third kappa shape index (κ3) is 2.12. The third-order valence-corrected chi connectivity index (χ3v) is 2.13. The Kier molecular flexibility index (Phi) is 2.75. The molecule has 0 saturated heterocycles. The topological polar surface area (TPSA) is 59.0 Å². The quantitative estimate of drug-likeness (QED) is 0.775. The maximum atomic E-state index is 8.65. The van der Waals surface area contributed by atoms with Crippen molar-refractivity contribution in [2.75, 3.05) is 5.73 Å². The smallest absolute Gasteiger partial charge is 0.150 e. The average molecular weight is 210 g/mol. The van der Waals surface area contributed by atoms with Crippen LogP contribution in [-0.2, 0) is 0 Å². The van der Waals surface area contributed by atoms with Crippen LogP contribution in [0.4, 0.5) is 5.69 Å². The van der Waals surface area contributed by atoms with Gasteiger partial charge in [-0.2, -0.15) is 5.26 Å². The molecule has 0 saturated carbocycles. The molecule has 78 valence electrons. The number of anilines is 1. The number of ether oxygens (including phenoxy) is 1. The van der Waals surface area contributed by atoms with Crippen LogP contribution in [0, 0.1) is 11.3 Å². The molecular weight excluding hydrogens is 200 g/mol. The van der Waals surface area contributed by atoms with Gasteiger partial charge in [0.1, 0.15) is 11.5 Å². The second-order valence-electron chi connectivity index (χ2n) is 3.28. The van der Waals surface area contributed by atoms with Crippen LogP contribution in [0.3, 0.4) is 0 Å². The predicted octanol–water partition coefficient (Wildman–Crippen LogP) is 2.93. The number of nitrogens with zero attached hydrogens (tertiary/aromatic N) is 1. The first kappa shape index (κ1) is 10.1. The molecule has 3 nitrogen and oxygen atoms in total. The van der Waals surface area contributed by atoms with Gasteiger partial charge in [-0.1, -0.05) is 12.1 Å². The van der Waals surface area contributed by atoms with Crippen LogP contribution < -0.4 is 10.5 Å². The van der Waals surface area contributed by atoms with Crippen molar-refractivity contribution in [2.24, 2.45) is 0 Å². The molecule has 0 atom stereocenters. The summed E-state index contributed by atoms with van der Waals surface area (Å²) in [4.78, 5) is 0. The minimum atomic E-state index is 0.590. The third-order valence-electron chi connectivity index (χ3n) is 2.13. The van der Waals surface area contributed by atoms with Crippen molar-refractivity contribution < 1.29 is 4.74 Å². The first-order valence-electron chi connectivity index (χ1n) is 4.82. The first-order chi connectivity index (χ1) is 7.79. The van der Waals surface area contributed by atoms with Crippen LogP contribution in [0.5, 0.6) is 11.5 Å². The molecule has 0 fully saturated rings. The number of nitrogens with two attached hydrogens (primary N) is 1. The van der Waals surface area contributed by atoms with Gasteiger partial charge in [0, 0.05) is 0 Å². The lowest BCUT2D eigenvalue weighted by Crippen LogP contribution is -1.91. The standard InChI is InChI=1S/C13H10N2O/c14-9-10-5-7-11(8-6-10)16-13-4-2-1-3-12(13)15/h1-8H,15H2. The Morgan fingerprint density at radius 1 is 1.00 bits per heavy atom. The molecule has 0 aliphatic carbocycles. The van der Waals surface area contributed by atoms with Crippen LogP contribution in [-0.4, -0.2) is 0 Å². The normalized spacial score (nSPS) is 9.44. The molecular formula is C13H10N2O. The molecule has 2 aromatic carbocycles. The Bertz CT molecular complexity index is 526. The largest absolute Gasteiger partial charge is 0.455 e. The number of benzene rings is 2. The number of hydrogen-bond acceptors (Lipinski definition) is 3. The van der Waals surface area contributed by atoms with E-state index in [9.17, 15) is 0 Å². The fourth-order valence-corrected chi connectivity index (χ4v) is 1.30. The van der Waals surface area contributed by atoms with Crippen molar-refractivity contribution in [3.63, 3.8) is 0 Å². The van der Waals surface area contributed by atoms with Gasteiger partial charge in [0.2, 0.25) is 0 Å². The van der Waals surface area contributed by atoms with Gasteiger partial charge in [-0.05, 0) is 36.4 Å². The van der Waals surface area contributed by atoms with E-state index in [-0.39, 0.29) is 0 Å². The van der Waals surface area contributed by atoms with Crippen LogP contribution in [0.1, 0.15) is 5.56 Å². The van der Waals surface area contributed by atoms with Crippen LogP contribution in [0.25, 0.3) is 0 Å². The zero-order valence-corrected chi connectivity index (χ0v) is 8.55. The second kappa shape index (κ2) is 4.37. The van der Waals surface area contributed by atoms with Crippen LogP contribution in [0.2, 0.25) is 0 Å². The summed E-state index contributed by atoms with van der Waals surface area (Å²) < 4.78 is 5.57. The van der Waals surface area contributed by atoms with Crippen LogP contribution in [0.15, 0.2) is 48.5 Å². The Hall–Kier alpha value is -2.47. The Morgan fingerprint density at radius 2 is 1.69 bits per heavy atom. The van der Waals surface area contributed by atoms with E-state index in [1.165, 1.54) is 0 Å². The van der Waals surface area contributed by atoms with Gasteiger partial charge in [-0.25, -0.2) is 0 Å². The molecule has 0 aliphatic rings. The van der Waals surface area contributed by atoms with Crippen LogP contribution >= 0.6 is 0 Å². The van der Waals surface area contributed by atoms with Crippen molar-refractivity contribution >= 4 is 5.69 Å². The molecule has 16 heavy (non-hydrogen) atoms. The lowest BCUT2D eigenvalue weighted by molar-refractivity contribution is 0.485. The molecule has 0 spiro atoms. The maximum Gasteiger partial charge on any atom is 0.150 e. The number of rotatable bonds is 2. The van der Waals surface area contributed by atoms with Crippen molar-refractivity contribution in [2.45, 2.75) is 0 Å². The highest BCUT2D eigenvalue weighted by Gasteiger charge is 2.00. The van der Waals surface area contributed by atoms with Crippen molar-refractivity contribution in [3.05, 3.63) is 54.1 Å². The molecule has 2 aromatic rings. The zero-order chi connectivity index (χ0) is 11.4. The SMILES string of the molecule is N#Cc1ccc(Oc2ccccc2N)cc1. The summed E-state index contributed by atoms with van der Waals surface area (Å²) in [5.41, 5.74) is 6.94. The number of hydrogen-bond donors (Lipinski definition) is 1. The fourth-order valence-electron chi connectivity index (χ4n) is 1.30. The highest BCUT2D eigenvalue weighted by molar-refractivity contribution is 5.53. The highest BCUT2D eigenvalue weighted by Crippen LogP contribution is 2.26. The first-order valence-corrected chi connectivity index (χ1v) is 4.82. The van der Waals surface area contributed by atoms with E-state index < -0.39 is 0 Å². The molecule has 0 unspecified atom stereocenters. The Morgan fingerprint density at radius 3 is 2.31 bits per heavy atom. The van der Waals surface area contributed by atoms with Crippen molar-refractivity contribution in [1.29, 1.82) is 5.26 Å². The lowest BCUT2D eigenvalue weighted by Gasteiger charge is -2.07. The predicted molar refractivity (Wildman–Crippen MR) is 62.1 cm³/mol. The molecule has 0 heterocycles. The molecule has 0 amide bonds. The Balaban J connectivity index is 2.22. The summed E-state index contributed by atoms with van der Waals surface area (Å²) in [5, 5.41) is 8.65. The van der Waals surface area contributed by atoms with E-state index in [2.05, 4.69) is 0 Å². The number of nitrogen functional groups attached to an aromatic ring is 1. The van der Waals surface area contributed by atoms with E-state index in [0.29, 0.717) is 22.7 Å². The Labute approximate surface area is 93.7 Å². The number of para-hydroxylation sites is 2. The van der Waals surface area contributed by atoms with E-state index in [1.807, 2.05) is 18.2 Å². The summed E-state index contributed by atoms with van der Waals surface area (Å²) >= 11 is 0. The second-order valence-corrected chi connectivity index (χ2v) is 3.28. The number of nitriles is 1. The van der Waals surface area contributed by atoms with E-state index in [1.54, 1.807) is 36.4 Å². The van der Waals surface area contributed by atoms with Gasteiger partial charge in [-0.15, -0.1) is 0 Å². The molecule has 2 N–H and O–H groups in total. The summed E-state index contributed by atoms with van der Waals surface area (Å²) in [6, 6.07) is 16.2. The average Bonchev–Trinajstić information content (AvgIpc) is 2.33. The molecule has 0 bridgehead atoms. The van der Waals surface area contributed by atoms with Gasteiger partial charge in [-0.3, -0.25) is 0 Å².